The molecule has 3 aromatic rings. The van der Waals surface area contributed by atoms with E-state index < -0.39 is 11.9 Å². The highest BCUT2D eigenvalue weighted by Crippen LogP contribution is 2.28. The Kier molecular flexibility index (Phi) is 8.82. The minimum atomic E-state index is -0.764. The molecule has 2 N–H and O–H groups in total. The number of carbonyl (C=O) groups excluding carboxylic acids is 1. The molecule has 3 aromatic carbocycles. The van der Waals surface area contributed by atoms with Gasteiger partial charge in [-0.2, -0.15) is 0 Å². The highest BCUT2D eigenvalue weighted by atomic mass is 16.4. The number of carbonyl (C=O) groups is 2. The molecule has 172 valence electrons. The first kappa shape index (κ1) is 24.2. The monoisotopic (exact) mass is 443 g/mol. The first-order valence-electron chi connectivity index (χ1n) is 11.6. The van der Waals surface area contributed by atoms with Crippen LogP contribution in [0.15, 0.2) is 78.9 Å². The van der Waals surface area contributed by atoms with Crippen molar-refractivity contribution in [3.8, 4) is 0 Å². The summed E-state index contributed by atoms with van der Waals surface area (Å²) in [5.74, 6) is -1.01. The highest BCUT2D eigenvalue weighted by Gasteiger charge is 2.20. The number of nitrogens with one attached hydrogen (secondary N) is 1. The van der Waals surface area contributed by atoms with Crippen molar-refractivity contribution in [1.82, 2.24) is 5.32 Å². The Hall–Kier alpha value is -3.40. The maximum Gasteiger partial charge on any atom is 0.306 e. The molecule has 3 rings (SSSR count). The second-order valence-electron chi connectivity index (χ2n) is 8.81. The minimum Gasteiger partial charge on any atom is -0.481 e. The maximum atomic E-state index is 12.4. The molecular formula is C29H33NO3. The van der Waals surface area contributed by atoms with Gasteiger partial charge in [-0.1, -0.05) is 85.8 Å². The lowest BCUT2D eigenvalue weighted by atomic mass is 9.85. The molecule has 4 nitrogen and oxygen atoms in total. The SMILES string of the molecule is Cc1ccccc1CCNC(=O)Cc1ccc(CC(CC(C)C(=O)O)c2ccccc2)cc1. The van der Waals surface area contributed by atoms with E-state index in [0.717, 1.165) is 29.5 Å². The van der Waals surface area contributed by atoms with E-state index >= 15 is 0 Å². The number of aryl methyl sites for hydroxylation is 1. The summed E-state index contributed by atoms with van der Waals surface area (Å²) in [6, 6.07) is 26.4. The second-order valence-corrected chi connectivity index (χ2v) is 8.81. The molecule has 2 unspecified atom stereocenters. The van der Waals surface area contributed by atoms with E-state index in [0.29, 0.717) is 19.4 Å². The number of amides is 1. The van der Waals surface area contributed by atoms with Crippen molar-refractivity contribution >= 4 is 11.9 Å². The van der Waals surface area contributed by atoms with Gasteiger partial charge in [-0.3, -0.25) is 9.59 Å². The fraction of sp³-hybridized carbons (Fsp3) is 0.310. The van der Waals surface area contributed by atoms with Gasteiger partial charge >= 0.3 is 5.97 Å². The topological polar surface area (TPSA) is 66.4 Å². The van der Waals surface area contributed by atoms with Gasteiger partial charge in [0.25, 0.3) is 0 Å². The Morgan fingerprint density at radius 2 is 1.52 bits per heavy atom. The smallest absolute Gasteiger partial charge is 0.306 e. The lowest BCUT2D eigenvalue weighted by molar-refractivity contribution is -0.141. The maximum absolute atomic E-state index is 12.4. The normalized spacial score (nSPS) is 12.7. The summed E-state index contributed by atoms with van der Waals surface area (Å²) in [7, 11) is 0. The largest absolute Gasteiger partial charge is 0.481 e. The van der Waals surface area contributed by atoms with Crippen LogP contribution in [0.5, 0.6) is 0 Å². The number of carboxylic acids is 1. The van der Waals surface area contributed by atoms with Crippen LogP contribution in [0.3, 0.4) is 0 Å². The summed E-state index contributed by atoms with van der Waals surface area (Å²) in [6.07, 6.45) is 2.54. The van der Waals surface area contributed by atoms with Crippen LogP contribution in [0, 0.1) is 12.8 Å². The summed E-state index contributed by atoms with van der Waals surface area (Å²) in [4.78, 5) is 23.8. The Morgan fingerprint density at radius 3 is 2.18 bits per heavy atom. The fourth-order valence-corrected chi connectivity index (χ4v) is 4.14. The van der Waals surface area contributed by atoms with Gasteiger partial charge in [-0.15, -0.1) is 0 Å². The fourth-order valence-electron chi connectivity index (χ4n) is 4.14. The molecule has 33 heavy (non-hydrogen) atoms. The van der Waals surface area contributed by atoms with Crippen LogP contribution < -0.4 is 5.32 Å². The van der Waals surface area contributed by atoms with Gasteiger partial charge < -0.3 is 10.4 Å². The quantitative estimate of drug-likeness (QED) is 0.421. The van der Waals surface area contributed by atoms with E-state index in [2.05, 4.69) is 48.6 Å². The lowest BCUT2D eigenvalue weighted by Gasteiger charge is -2.20. The van der Waals surface area contributed by atoms with E-state index in [1.165, 1.54) is 11.1 Å². The Bertz CT molecular complexity index is 1040. The number of rotatable bonds is 11. The summed E-state index contributed by atoms with van der Waals surface area (Å²) in [5.41, 5.74) is 5.77. The van der Waals surface area contributed by atoms with Crippen molar-refractivity contribution < 1.29 is 14.7 Å². The van der Waals surface area contributed by atoms with Gasteiger partial charge in [-0.25, -0.2) is 0 Å². The van der Waals surface area contributed by atoms with Crippen molar-refractivity contribution in [3.63, 3.8) is 0 Å². The zero-order valence-electron chi connectivity index (χ0n) is 19.5. The Morgan fingerprint density at radius 1 is 0.879 bits per heavy atom. The third-order valence-electron chi connectivity index (χ3n) is 6.18. The van der Waals surface area contributed by atoms with Crippen molar-refractivity contribution in [2.24, 2.45) is 5.92 Å². The molecule has 1 amide bonds. The lowest BCUT2D eigenvalue weighted by Crippen LogP contribution is -2.27. The van der Waals surface area contributed by atoms with Crippen LogP contribution in [0.25, 0.3) is 0 Å². The molecule has 0 radical (unpaired) electrons. The van der Waals surface area contributed by atoms with Gasteiger partial charge in [0.2, 0.25) is 5.91 Å². The minimum absolute atomic E-state index is 0.0220. The van der Waals surface area contributed by atoms with Gasteiger partial charge in [0.1, 0.15) is 0 Å². The summed E-state index contributed by atoms with van der Waals surface area (Å²) in [6.45, 7) is 4.48. The molecule has 0 heterocycles. The zero-order chi connectivity index (χ0) is 23.6. The molecule has 0 aliphatic heterocycles. The van der Waals surface area contributed by atoms with Gasteiger partial charge in [0.05, 0.1) is 12.3 Å². The average Bonchev–Trinajstić information content (AvgIpc) is 2.81. The number of hydrogen-bond donors (Lipinski definition) is 2. The van der Waals surface area contributed by atoms with Gasteiger partial charge in [0, 0.05) is 6.54 Å². The van der Waals surface area contributed by atoms with Crippen LogP contribution in [-0.2, 0) is 28.9 Å². The summed E-state index contributed by atoms with van der Waals surface area (Å²) >= 11 is 0. The number of aliphatic carboxylic acids is 1. The predicted octanol–water partition coefficient (Wildman–Crippen LogP) is 5.33. The summed E-state index contributed by atoms with van der Waals surface area (Å²) < 4.78 is 0. The molecular weight excluding hydrogens is 410 g/mol. The van der Waals surface area contributed by atoms with Crippen molar-refractivity contribution in [2.75, 3.05) is 6.54 Å². The number of benzene rings is 3. The van der Waals surface area contributed by atoms with E-state index in [1.807, 2.05) is 42.5 Å². The first-order valence-corrected chi connectivity index (χ1v) is 11.6. The van der Waals surface area contributed by atoms with Crippen LogP contribution >= 0.6 is 0 Å². The molecule has 4 heteroatoms. The molecule has 0 fully saturated rings. The Labute approximate surface area is 196 Å². The first-order chi connectivity index (χ1) is 15.9. The molecule has 2 atom stereocenters. The van der Waals surface area contributed by atoms with Crippen LogP contribution in [0.2, 0.25) is 0 Å². The van der Waals surface area contributed by atoms with E-state index in [-0.39, 0.29) is 11.8 Å². The Balaban J connectivity index is 1.55. The van der Waals surface area contributed by atoms with Crippen LogP contribution in [-0.4, -0.2) is 23.5 Å². The molecule has 0 saturated carbocycles. The predicted molar refractivity (Wildman–Crippen MR) is 132 cm³/mol. The standard InChI is InChI=1S/C29H33NO3/c1-21-8-6-7-9-25(21)16-17-30-28(31)20-24-14-12-23(13-15-24)19-27(18-22(2)29(32)33)26-10-4-3-5-11-26/h3-15,22,27H,16-20H2,1-2H3,(H,30,31)(H,32,33). The van der Waals surface area contributed by atoms with Gasteiger partial charge in [-0.05, 0) is 59.9 Å². The van der Waals surface area contributed by atoms with E-state index in [4.69, 9.17) is 0 Å². The number of hydrogen-bond acceptors (Lipinski definition) is 2. The van der Waals surface area contributed by atoms with Gasteiger partial charge in [0.15, 0.2) is 0 Å². The molecule has 0 spiro atoms. The van der Waals surface area contributed by atoms with Crippen molar-refractivity contribution in [2.45, 2.75) is 45.4 Å². The zero-order valence-corrected chi connectivity index (χ0v) is 19.5. The van der Waals surface area contributed by atoms with E-state index in [9.17, 15) is 14.7 Å². The van der Waals surface area contributed by atoms with E-state index in [1.54, 1.807) is 6.92 Å². The molecule has 0 aliphatic carbocycles. The molecule has 0 aliphatic rings. The summed E-state index contributed by atoms with van der Waals surface area (Å²) in [5, 5.41) is 12.4. The van der Waals surface area contributed by atoms with Crippen LogP contribution in [0.4, 0.5) is 0 Å². The second kappa shape index (κ2) is 12.0. The average molecular weight is 444 g/mol. The molecule has 0 bridgehead atoms. The number of carboxylic acid groups (broad SMARTS) is 1. The van der Waals surface area contributed by atoms with Crippen LogP contribution in [0.1, 0.15) is 47.1 Å². The van der Waals surface area contributed by atoms with Crippen molar-refractivity contribution in [1.29, 1.82) is 0 Å². The molecule has 0 saturated heterocycles. The molecule has 0 aromatic heterocycles. The highest BCUT2D eigenvalue weighted by molar-refractivity contribution is 5.78. The third-order valence-corrected chi connectivity index (χ3v) is 6.18. The third kappa shape index (κ3) is 7.60. The van der Waals surface area contributed by atoms with Crippen molar-refractivity contribution in [3.05, 3.63) is 107 Å².